The third-order valence-electron chi connectivity index (χ3n) is 1.66. The molecule has 1 aromatic rings. The van der Waals surface area contributed by atoms with Gasteiger partial charge in [-0.25, -0.2) is 4.98 Å². The molecule has 1 aliphatic heterocycles. The van der Waals surface area contributed by atoms with Gasteiger partial charge < -0.3 is 10.5 Å². The molecule has 0 bridgehead atoms. The van der Waals surface area contributed by atoms with Gasteiger partial charge in [0.2, 0.25) is 0 Å². The van der Waals surface area contributed by atoms with Crippen LogP contribution in [-0.4, -0.2) is 11.6 Å². The Bertz CT molecular complexity index is 260. The molecule has 0 atom stereocenters. The molecule has 0 aliphatic carbocycles. The van der Waals surface area contributed by atoms with E-state index in [9.17, 15) is 0 Å². The van der Waals surface area contributed by atoms with Crippen LogP contribution in [0.5, 0.6) is 5.75 Å². The monoisotopic (exact) mass is 136 g/mol. The van der Waals surface area contributed by atoms with Crippen molar-refractivity contribution in [2.45, 2.75) is 6.42 Å². The largest absolute Gasteiger partial charge is 0.493 e. The number of hydrogen-bond donors (Lipinski definition) is 1. The fourth-order valence-electron chi connectivity index (χ4n) is 1.14. The van der Waals surface area contributed by atoms with Crippen LogP contribution in [0.1, 0.15) is 5.56 Å². The number of hydrogen-bond acceptors (Lipinski definition) is 3. The van der Waals surface area contributed by atoms with Gasteiger partial charge in [-0.2, -0.15) is 0 Å². The highest BCUT2D eigenvalue weighted by molar-refractivity contribution is 5.50. The van der Waals surface area contributed by atoms with Gasteiger partial charge >= 0.3 is 0 Å². The van der Waals surface area contributed by atoms with Crippen LogP contribution in [-0.2, 0) is 6.42 Å². The second-order valence-corrected chi connectivity index (χ2v) is 2.27. The Hall–Kier alpha value is -1.25. The summed E-state index contributed by atoms with van der Waals surface area (Å²) in [6.45, 7) is 0.741. The molecule has 0 aromatic carbocycles. The molecule has 52 valence electrons. The molecule has 0 saturated heterocycles. The second kappa shape index (κ2) is 1.87. The van der Waals surface area contributed by atoms with Crippen LogP contribution in [0.25, 0.3) is 0 Å². The molecule has 2 N–H and O–H groups in total. The van der Waals surface area contributed by atoms with Gasteiger partial charge in [0.25, 0.3) is 0 Å². The first kappa shape index (κ1) is 5.53. The van der Waals surface area contributed by atoms with Crippen molar-refractivity contribution >= 4 is 5.82 Å². The van der Waals surface area contributed by atoms with Crippen LogP contribution < -0.4 is 10.5 Å². The minimum absolute atomic E-state index is 0.606. The Morgan fingerprint density at radius 2 is 2.50 bits per heavy atom. The molecule has 10 heavy (non-hydrogen) atoms. The van der Waals surface area contributed by atoms with Gasteiger partial charge in [0.15, 0.2) is 0 Å². The highest BCUT2D eigenvalue weighted by Gasteiger charge is 2.14. The summed E-state index contributed by atoms with van der Waals surface area (Å²) in [4.78, 5) is 3.95. The molecule has 1 aliphatic rings. The van der Waals surface area contributed by atoms with Gasteiger partial charge in [0.1, 0.15) is 11.6 Å². The lowest BCUT2D eigenvalue weighted by Crippen LogP contribution is -1.93. The lowest BCUT2D eigenvalue weighted by Gasteiger charge is -1.98. The minimum Gasteiger partial charge on any atom is -0.493 e. The SMILES string of the molecule is Nc1nccc2c1CCO2. The van der Waals surface area contributed by atoms with Crippen LogP contribution in [0.2, 0.25) is 0 Å². The van der Waals surface area contributed by atoms with Gasteiger partial charge in [-0.1, -0.05) is 0 Å². The lowest BCUT2D eigenvalue weighted by molar-refractivity contribution is 0.356. The summed E-state index contributed by atoms with van der Waals surface area (Å²) in [6, 6.07) is 1.85. The normalized spacial score (nSPS) is 14.4. The molecule has 3 nitrogen and oxygen atoms in total. The summed E-state index contributed by atoms with van der Waals surface area (Å²) in [5.41, 5.74) is 6.64. The van der Waals surface area contributed by atoms with E-state index in [4.69, 9.17) is 10.5 Å². The molecule has 0 fully saturated rings. The molecule has 2 heterocycles. The number of aromatic nitrogens is 1. The van der Waals surface area contributed by atoms with E-state index in [0.29, 0.717) is 5.82 Å². The number of nitrogens with zero attached hydrogens (tertiary/aromatic N) is 1. The van der Waals surface area contributed by atoms with Gasteiger partial charge in [-0.3, -0.25) is 0 Å². The zero-order valence-electron chi connectivity index (χ0n) is 5.50. The number of fused-ring (bicyclic) bond motifs is 1. The van der Waals surface area contributed by atoms with Crippen LogP contribution in [0.4, 0.5) is 5.82 Å². The second-order valence-electron chi connectivity index (χ2n) is 2.27. The maximum absolute atomic E-state index is 5.58. The predicted octanol–water partition coefficient (Wildman–Crippen LogP) is 0.599. The predicted molar refractivity (Wildman–Crippen MR) is 37.8 cm³/mol. The van der Waals surface area contributed by atoms with Crippen molar-refractivity contribution in [1.29, 1.82) is 0 Å². The third kappa shape index (κ3) is 0.635. The highest BCUT2D eigenvalue weighted by atomic mass is 16.5. The quantitative estimate of drug-likeness (QED) is 0.568. The molecule has 0 amide bonds. The Labute approximate surface area is 58.8 Å². The van der Waals surface area contributed by atoms with Crippen molar-refractivity contribution in [2.75, 3.05) is 12.3 Å². The first-order valence-corrected chi connectivity index (χ1v) is 3.24. The molecule has 0 saturated carbocycles. The zero-order valence-corrected chi connectivity index (χ0v) is 5.50. The number of ether oxygens (including phenoxy) is 1. The smallest absolute Gasteiger partial charge is 0.130 e. The van der Waals surface area contributed by atoms with E-state index >= 15 is 0 Å². The molecule has 0 spiro atoms. The molecule has 0 radical (unpaired) electrons. The van der Waals surface area contributed by atoms with E-state index < -0.39 is 0 Å². The van der Waals surface area contributed by atoms with Crippen molar-refractivity contribution in [3.8, 4) is 5.75 Å². The third-order valence-corrected chi connectivity index (χ3v) is 1.66. The van der Waals surface area contributed by atoms with Crippen LogP contribution in [0.3, 0.4) is 0 Å². The average molecular weight is 136 g/mol. The van der Waals surface area contributed by atoms with E-state index in [1.807, 2.05) is 6.07 Å². The Balaban J connectivity index is 2.59. The van der Waals surface area contributed by atoms with E-state index in [1.165, 1.54) is 0 Å². The number of nitrogen functional groups attached to an aromatic ring is 1. The van der Waals surface area contributed by atoms with E-state index in [0.717, 1.165) is 24.3 Å². The van der Waals surface area contributed by atoms with Crippen molar-refractivity contribution in [2.24, 2.45) is 0 Å². The average Bonchev–Trinajstić information content (AvgIpc) is 2.36. The topological polar surface area (TPSA) is 48.1 Å². The zero-order chi connectivity index (χ0) is 6.97. The molecule has 0 unspecified atom stereocenters. The molecule has 3 heteroatoms. The Morgan fingerprint density at radius 1 is 1.60 bits per heavy atom. The molecular weight excluding hydrogens is 128 g/mol. The fourth-order valence-corrected chi connectivity index (χ4v) is 1.14. The summed E-state index contributed by atoms with van der Waals surface area (Å²) >= 11 is 0. The Morgan fingerprint density at radius 3 is 3.30 bits per heavy atom. The van der Waals surface area contributed by atoms with Crippen molar-refractivity contribution in [1.82, 2.24) is 4.98 Å². The van der Waals surface area contributed by atoms with Crippen molar-refractivity contribution in [3.05, 3.63) is 17.8 Å². The van der Waals surface area contributed by atoms with Gasteiger partial charge in [0, 0.05) is 18.2 Å². The Kier molecular flexibility index (Phi) is 1.03. The summed E-state index contributed by atoms with van der Waals surface area (Å²) < 4.78 is 5.26. The standard InChI is InChI=1S/C7H8N2O/c8-7-5-2-4-10-6(5)1-3-9-7/h1,3H,2,4H2,(H2,8,9). The molecule has 2 rings (SSSR count). The summed E-state index contributed by atoms with van der Waals surface area (Å²) in [7, 11) is 0. The first-order chi connectivity index (χ1) is 4.88. The number of anilines is 1. The maximum atomic E-state index is 5.58. The summed E-state index contributed by atoms with van der Waals surface area (Å²) in [5.74, 6) is 1.50. The first-order valence-electron chi connectivity index (χ1n) is 3.24. The number of nitrogens with two attached hydrogens (primary N) is 1. The number of pyridine rings is 1. The fraction of sp³-hybridized carbons (Fsp3) is 0.286. The number of rotatable bonds is 0. The van der Waals surface area contributed by atoms with E-state index in [-0.39, 0.29) is 0 Å². The van der Waals surface area contributed by atoms with E-state index in [1.54, 1.807) is 6.20 Å². The summed E-state index contributed by atoms with van der Waals surface area (Å²) in [5, 5.41) is 0. The van der Waals surface area contributed by atoms with Crippen LogP contribution in [0, 0.1) is 0 Å². The highest BCUT2D eigenvalue weighted by Crippen LogP contribution is 2.27. The van der Waals surface area contributed by atoms with E-state index in [2.05, 4.69) is 4.98 Å². The molecule has 1 aromatic heterocycles. The van der Waals surface area contributed by atoms with Gasteiger partial charge in [-0.05, 0) is 6.07 Å². The lowest BCUT2D eigenvalue weighted by atomic mass is 10.2. The molecular formula is C7H8N2O. The van der Waals surface area contributed by atoms with Crippen LogP contribution >= 0.6 is 0 Å². The summed E-state index contributed by atoms with van der Waals surface area (Å²) in [6.07, 6.45) is 2.56. The van der Waals surface area contributed by atoms with Crippen molar-refractivity contribution < 1.29 is 4.74 Å². The minimum atomic E-state index is 0.606. The van der Waals surface area contributed by atoms with Crippen molar-refractivity contribution in [3.63, 3.8) is 0 Å². The van der Waals surface area contributed by atoms with Crippen LogP contribution in [0.15, 0.2) is 12.3 Å². The van der Waals surface area contributed by atoms with Gasteiger partial charge in [0.05, 0.1) is 6.61 Å². The maximum Gasteiger partial charge on any atom is 0.130 e. The van der Waals surface area contributed by atoms with Gasteiger partial charge in [-0.15, -0.1) is 0 Å².